The lowest BCUT2D eigenvalue weighted by molar-refractivity contribution is 0.100. The van der Waals surface area contributed by atoms with Crippen molar-refractivity contribution in [2.24, 2.45) is 0 Å². The lowest BCUT2D eigenvalue weighted by Gasteiger charge is -2.13. The van der Waals surface area contributed by atoms with E-state index in [1.807, 2.05) is 24.3 Å². The van der Waals surface area contributed by atoms with E-state index in [0.29, 0.717) is 0 Å². The van der Waals surface area contributed by atoms with Crippen LogP contribution in [0.4, 0.5) is 0 Å². The Hall–Kier alpha value is -2.42. The molecule has 0 amide bonds. The molecule has 4 rings (SSSR count). The van der Waals surface area contributed by atoms with Crippen LogP contribution in [0.25, 0.3) is 0 Å². The highest BCUT2D eigenvalue weighted by atomic mass is 16.5. The minimum atomic E-state index is 0.0903. The fourth-order valence-corrected chi connectivity index (χ4v) is 3.56. The zero-order valence-corrected chi connectivity index (χ0v) is 13.4. The number of carbonyl (C=O) groups excluding carboxylic acids is 2. The molecule has 0 aliphatic carbocycles. The third kappa shape index (κ3) is 2.27. The van der Waals surface area contributed by atoms with Crippen molar-refractivity contribution < 1.29 is 14.3 Å². The van der Waals surface area contributed by atoms with Gasteiger partial charge in [0.1, 0.15) is 11.5 Å². The van der Waals surface area contributed by atoms with Gasteiger partial charge in [-0.25, -0.2) is 0 Å². The van der Waals surface area contributed by atoms with Gasteiger partial charge in [-0.05, 0) is 86.1 Å². The Bertz CT molecular complexity index is 740. The first-order chi connectivity index (χ1) is 11.0. The maximum Gasteiger partial charge on any atom is 0.159 e. The molecule has 2 aromatic carbocycles. The van der Waals surface area contributed by atoms with Crippen molar-refractivity contribution in [3.63, 3.8) is 0 Å². The van der Waals surface area contributed by atoms with Gasteiger partial charge in [0, 0.05) is 11.1 Å². The lowest BCUT2D eigenvalue weighted by atomic mass is 9.91. The van der Waals surface area contributed by atoms with Crippen LogP contribution in [-0.2, 0) is 25.7 Å². The number of rotatable bonds is 2. The van der Waals surface area contributed by atoms with Gasteiger partial charge in [-0.2, -0.15) is 0 Å². The van der Waals surface area contributed by atoms with Gasteiger partial charge in [-0.15, -0.1) is 0 Å². The molecule has 2 heterocycles. The van der Waals surface area contributed by atoms with Crippen LogP contribution >= 0.6 is 0 Å². The molecule has 116 valence electrons. The second-order valence-corrected chi connectivity index (χ2v) is 6.46. The maximum atomic E-state index is 11.8. The fourth-order valence-electron chi connectivity index (χ4n) is 3.56. The first-order valence-electron chi connectivity index (χ1n) is 8.04. The molecule has 2 aromatic rings. The quantitative estimate of drug-likeness (QED) is 0.785. The minimum absolute atomic E-state index is 0.0903. The van der Waals surface area contributed by atoms with Gasteiger partial charge in [-0.3, -0.25) is 9.59 Å². The molecule has 0 spiro atoms. The molecule has 0 unspecified atom stereocenters. The molecule has 23 heavy (non-hydrogen) atoms. The van der Waals surface area contributed by atoms with Gasteiger partial charge in [0.05, 0.1) is 0 Å². The van der Waals surface area contributed by atoms with Crippen molar-refractivity contribution in [3.05, 3.63) is 57.6 Å². The topological polar surface area (TPSA) is 43.4 Å². The number of carbonyl (C=O) groups is 2. The number of aryl methyl sites for hydroxylation is 4. The van der Waals surface area contributed by atoms with Crippen LogP contribution in [-0.4, -0.2) is 11.6 Å². The highest BCUT2D eigenvalue weighted by Gasteiger charge is 2.26. The van der Waals surface area contributed by atoms with Crippen LogP contribution < -0.4 is 4.74 Å². The van der Waals surface area contributed by atoms with E-state index in [1.165, 1.54) is 0 Å². The number of hydrogen-bond acceptors (Lipinski definition) is 3. The van der Waals surface area contributed by atoms with Crippen LogP contribution in [0.3, 0.4) is 0 Å². The number of hydrogen-bond donors (Lipinski definition) is 0. The molecule has 3 heteroatoms. The number of Topliss-reactive ketones (excluding diaryl/α,β-unsaturated/α-hetero) is 2. The summed E-state index contributed by atoms with van der Waals surface area (Å²) in [5.74, 6) is 2.02. The summed E-state index contributed by atoms with van der Waals surface area (Å²) in [6.07, 6.45) is 3.32. The van der Waals surface area contributed by atoms with Gasteiger partial charge < -0.3 is 4.74 Å². The summed E-state index contributed by atoms with van der Waals surface area (Å²) in [5, 5.41) is 0. The van der Waals surface area contributed by atoms with Gasteiger partial charge >= 0.3 is 0 Å². The van der Waals surface area contributed by atoms with Gasteiger partial charge in [0.25, 0.3) is 0 Å². The predicted octanol–water partition coefficient (Wildman–Crippen LogP) is 4.08. The van der Waals surface area contributed by atoms with Crippen molar-refractivity contribution in [3.8, 4) is 11.5 Å². The smallest absolute Gasteiger partial charge is 0.159 e. The second kappa shape index (κ2) is 5.05. The summed E-state index contributed by atoms with van der Waals surface area (Å²) < 4.78 is 6.27. The van der Waals surface area contributed by atoms with Crippen LogP contribution in [0.2, 0.25) is 0 Å². The largest absolute Gasteiger partial charge is 0.456 e. The molecule has 0 saturated heterocycles. The summed E-state index contributed by atoms with van der Waals surface area (Å²) in [5.41, 5.74) is 5.91. The molecule has 2 aliphatic heterocycles. The average molecular weight is 306 g/mol. The molecular weight excluding hydrogens is 288 g/mol. The summed E-state index contributed by atoms with van der Waals surface area (Å²) in [6, 6.07) is 7.85. The van der Waals surface area contributed by atoms with Crippen LogP contribution in [0, 0.1) is 0 Å². The number of ether oxygens (including phenoxy) is 1. The van der Waals surface area contributed by atoms with Crippen LogP contribution in [0.1, 0.15) is 56.8 Å². The average Bonchev–Trinajstić information content (AvgIpc) is 2.82. The second-order valence-electron chi connectivity index (χ2n) is 6.46. The third-order valence-electron chi connectivity index (χ3n) is 4.83. The van der Waals surface area contributed by atoms with Crippen molar-refractivity contribution in [1.29, 1.82) is 0 Å². The molecule has 0 aromatic heterocycles. The molecule has 0 saturated carbocycles. The van der Waals surface area contributed by atoms with Crippen molar-refractivity contribution in [1.82, 2.24) is 0 Å². The maximum absolute atomic E-state index is 11.8. The Morgan fingerprint density at radius 1 is 0.696 bits per heavy atom. The normalized spacial score (nSPS) is 14.5. The Balaban J connectivity index is 1.91. The molecule has 2 aliphatic rings. The summed E-state index contributed by atoms with van der Waals surface area (Å²) in [4.78, 5) is 23.6. The minimum Gasteiger partial charge on any atom is -0.456 e. The molecule has 0 fully saturated rings. The Morgan fingerprint density at radius 3 is 1.26 bits per heavy atom. The number of benzene rings is 2. The Morgan fingerprint density at radius 2 is 1.00 bits per heavy atom. The van der Waals surface area contributed by atoms with E-state index in [0.717, 1.165) is 70.6 Å². The Labute approximate surface area is 135 Å². The predicted molar refractivity (Wildman–Crippen MR) is 87.8 cm³/mol. The highest BCUT2D eigenvalue weighted by Crippen LogP contribution is 2.42. The SMILES string of the molecule is CC(=O)c1cc2c3c(c1)CCc1cc(C(C)=O)cc(c1O3)CC2. The van der Waals surface area contributed by atoms with Crippen LogP contribution in [0.15, 0.2) is 24.3 Å². The van der Waals surface area contributed by atoms with E-state index >= 15 is 0 Å². The molecule has 0 atom stereocenters. The first-order valence-corrected chi connectivity index (χ1v) is 8.04. The van der Waals surface area contributed by atoms with E-state index in [2.05, 4.69) is 0 Å². The molecule has 0 radical (unpaired) electrons. The zero-order valence-electron chi connectivity index (χ0n) is 13.4. The van der Waals surface area contributed by atoms with Crippen molar-refractivity contribution >= 4 is 11.6 Å². The third-order valence-corrected chi connectivity index (χ3v) is 4.83. The molecule has 0 N–H and O–H groups in total. The summed E-state index contributed by atoms with van der Waals surface area (Å²) in [6.45, 7) is 3.21. The Kier molecular flexibility index (Phi) is 3.12. The van der Waals surface area contributed by atoms with E-state index in [1.54, 1.807) is 13.8 Å². The highest BCUT2D eigenvalue weighted by molar-refractivity contribution is 5.95. The number of ketones is 2. The van der Waals surface area contributed by atoms with Crippen molar-refractivity contribution in [2.45, 2.75) is 39.5 Å². The van der Waals surface area contributed by atoms with Gasteiger partial charge in [0.2, 0.25) is 0 Å². The van der Waals surface area contributed by atoms with Crippen LogP contribution in [0.5, 0.6) is 11.5 Å². The van der Waals surface area contributed by atoms with E-state index in [-0.39, 0.29) is 11.6 Å². The van der Waals surface area contributed by atoms with E-state index < -0.39 is 0 Å². The standard InChI is InChI=1S/C20H18O3/c1-11(21)17-7-13-3-5-15-9-18(12(2)22)10-16-6-4-14(8-17)19(13)23-20(15)16/h7-10H,3-6H2,1-2H3. The fraction of sp³-hybridized carbons (Fsp3) is 0.300. The monoisotopic (exact) mass is 306 g/mol. The summed E-state index contributed by atoms with van der Waals surface area (Å²) >= 11 is 0. The van der Waals surface area contributed by atoms with E-state index in [4.69, 9.17) is 4.74 Å². The zero-order chi connectivity index (χ0) is 16.1. The molecule has 3 nitrogen and oxygen atoms in total. The van der Waals surface area contributed by atoms with Gasteiger partial charge in [-0.1, -0.05) is 0 Å². The summed E-state index contributed by atoms with van der Waals surface area (Å²) in [7, 11) is 0. The van der Waals surface area contributed by atoms with Crippen molar-refractivity contribution in [2.75, 3.05) is 0 Å². The van der Waals surface area contributed by atoms with E-state index in [9.17, 15) is 9.59 Å². The lowest BCUT2D eigenvalue weighted by Crippen LogP contribution is -2.02. The first kappa shape index (κ1) is 14.2. The molecular formula is C20H18O3. The van der Waals surface area contributed by atoms with Gasteiger partial charge in [0.15, 0.2) is 11.6 Å². The molecule has 2 bridgehead atoms.